The molecule has 0 saturated carbocycles. The number of hydrogen-bond acceptors (Lipinski definition) is 4. The highest BCUT2D eigenvalue weighted by atomic mass is 32.2. The highest BCUT2D eigenvalue weighted by molar-refractivity contribution is 7.97. The van der Waals surface area contributed by atoms with E-state index in [1.165, 1.54) is 12.3 Å². The average Bonchev–Trinajstić information content (AvgIpc) is 2.65. The van der Waals surface area contributed by atoms with Crippen molar-refractivity contribution >= 4 is 27.6 Å². The molecule has 0 saturated heterocycles. The predicted octanol–water partition coefficient (Wildman–Crippen LogP) is 3.49. The lowest BCUT2D eigenvalue weighted by Gasteiger charge is -2.14. The predicted molar refractivity (Wildman–Crippen MR) is 120 cm³/mol. The number of guanidine groups is 1. The SMILES string of the molecule is CCNC(=NCc1ccc(CS(C)(=O)=O)cc1)NCc1ccc(F)cc1CSC. The zero-order valence-electron chi connectivity index (χ0n) is 17.0. The Hall–Kier alpha value is -2.06. The average molecular weight is 438 g/mol. The van der Waals surface area contributed by atoms with Crippen LogP contribution in [0.15, 0.2) is 47.5 Å². The van der Waals surface area contributed by atoms with Gasteiger partial charge in [-0.1, -0.05) is 30.3 Å². The molecule has 0 aliphatic carbocycles. The van der Waals surface area contributed by atoms with Crippen molar-refractivity contribution in [3.05, 3.63) is 70.5 Å². The Bertz CT molecular complexity index is 929. The first kappa shape index (κ1) is 23.2. The molecule has 0 atom stereocenters. The van der Waals surface area contributed by atoms with Gasteiger partial charge >= 0.3 is 0 Å². The standard InChI is InChI=1S/C21H28FN3O2S2/c1-4-23-21(25-13-18-9-10-20(22)11-19(18)14-28-2)24-12-16-5-7-17(8-6-16)15-29(3,26)27/h5-11H,4,12-15H2,1-3H3,(H2,23,24,25). The zero-order chi connectivity index (χ0) is 21.3. The number of nitrogens with zero attached hydrogens (tertiary/aromatic N) is 1. The van der Waals surface area contributed by atoms with E-state index in [0.717, 1.165) is 34.6 Å². The second kappa shape index (κ2) is 11.2. The topological polar surface area (TPSA) is 70.6 Å². The third-order valence-corrected chi connectivity index (χ3v) is 5.59. The lowest BCUT2D eigenvalue weighted by molar-refractivity contribution is 0.601. The van der Waals surface area contributed by atoms with Crippen LogP contribution in [0.2, 0.25) is 0 Å². The largest absolute Gasteiger partial charge is 0.357 e. The van der Waals surface area contributed by atoms with Crippen LogP contribution in [0.5, 0.6) is 0 Å². The molecule has 0 unspecified atom stereocenters. The summed E-state index contributed by atoms with van der Waals surface area (Å²) >= 11 is 1.66. The van der Waals surface area contributed by atoms with Crippen LogP contribution >= 0.6 is 11.8 Å². The molecule has 2 rings (SSSR count). The number of halogens is 1. The van der Waals surface area contributed by atoms with E-state index in [1.807, 2.05) is 37.4 Å². The van der Waals surface area contributed by atoms with Crippen LogP contribution in [0.25, 0.3) is 0 Å². The summed E-state index contributed by atoms with van der Waals surface area (Å²) in [4.78, 5) is 4.59. The molecule has 8 heteroatoms. The third kappa shape index (κ3) is 8.45. The highest BCUT2D eigenvalue weighted by Gasteiger charge is 2.06. The van der Waals surface area contributed by atoms with Crippen molar-refractivity contribution in [3.8, 4) is 0 Å². The molecule has 29 heavy (non-hydrogen) atoms. The molecule has 2 aromatic rings. The molecule has 0 radical (unpaired) electrons. The van der Waals surface area contributed by atoms with Crippen molar-refractivity contribution in [2.24, 2.45) is 4.99 Å². The van der Waals surface area contributed by atoms with Gasteiger partial charge < -0.3 is 10.6 Å². The maximum atomic E-state index is 13.5. The number of benzene rings is 2. The monoisotopic (exact) mass is 437 g/mol. The van der Waals surface area contributed by atoms with Gasteiger partial charge in [0.15, 0.2) is 15.8 Å². The maximum Gasteiger partial charge on any atom is 0.191 e. The van der Waals surface area contributed by atoms with Crippen molar-refractivity contribution in [2.45, 2.75) is 31.5 Å². The van der Waals surface area contributed by atoms with Crippen molar-refractivity contribution in [2.75, 3.05) is 19.1 Å². The first-order valence-electron chi connectivity index (χ1n) is 9.34. The summed E-state index contributed by atoms with van der Waals surface area (Å²) in [5, 5.41) is 6.50. The van der Waals surface area contributed by atoms with Gasteiger partial charge in [-0.05, 0) is 47.6 Å². The van der Waals surface area contributed by atoms with Crippen LogP contribution in [0, 0.1) is 5.82 Å². The highest BCUT2D eigenvalue weighted by Crippen LogP contribution is 2.16. The van der Waals surface area contributed by atoms with E-state index in [1.54, 1.807) is 23.9 Å². The summed E-state index contributed by atoms with van der Waals surface area (Å²) in [7, 11) is -3.04. The van der Waals surface area contributed by atoms with Gasteiger partial charge in [0.05, 0.1) is 12.3 Å². The molecule has 0 bridgehead atoms. The first-order chi connectivity index (χ1) is 13.8. The second-order valence-corrected chi connectivity index (χ2v) is 9.79. The van der Waals surface area contributed by atoms with E-state index in [0.29, 0.717) is 19.0 Å². The number of sulfone groups is 1. The van der Waals surface area contributed by atoms with Crippen LogP contribution in [0.1, 0.15) is 29.2 Å². The van der Waals surface area contributed by atoms with Gasteiger partial charge in [0.1, 0.15) is 5.82 Å². The fraction of sp³-hybridized carbons (Fsp3) is 0.381. The summed E-state index contributed by atoms with van der Waals surface area (Å²) in [5.74, 6) is 1.24. The summed E-state index contributed by atoms with van der Waals surface area (Å²) < 4.78 is 36.3. The fourth-order valence-corrected chi connectivity index (χ4v) is 4.17. The Kier molecular flexibility index (Phi) is 8.98. The van der Waals surface area contributed by atoms with Gasteiger partial charge in [0.25, 0.3) is 0 Å². The Morgan fingerprint density at radius 1 is 1.07 bits per heavy atom. The number of nitrogens with one attached hydrogen (secondary N) is 2. The molecular formula is C21H28FN3O2S2. The van der Waals surface area contributed by atoms with Gasteiger partial charge in [-0.3, -0.25) is 0 Å². The number of hydrogen-bond donors (Lipinski definition) is 2. The van der Waals surface area contributed by atoms with Gasteiger partial charge in [0.2, 0.25) is 0 Å². The zero-order valence-corrected chi connectivity index (χ0v) is 18.7. The van der Waals surface area contributed by atoms with Crippen molar-refractivity contribution in [1.82, 2.24) is 10.6 Å². The van der Waals surface area contributed by atoms with Crippen molar-refractivity contribution in [3.63, 3.8) is 0 Å². The van der Waals surface area contributed by atoms with Crippen LogP contribution < -0.4 is 10.6 Å². The maximum absolute atomic E-state index is 13.5. The molecule has 0 aliphatic rings. The van der Waals surface area contributed by atoms with Crippen LogP contribution in [-0.2, 0) is 34.4 Å². The van der Waals surface area contributed by atoms with Crippen molar-refractivity contribution in [1.29, 1.82) is 0 Å². The molecule has 2 N–H and O–H groups in total. The minimum absolute atomic E-state index is 0.0385. The molecule has 158 valence electrons. The summed E-state index contributed by atoms with van der Waals surface area (Å²) in [6.07, 6.45) is 3.22. The van der Waals surface area contributed by atoms with Crippen molar-refractivity contribution < 1.29 is 12.8 Å². The van der Waals surface area contributed by atoms with E-state index in [9.17, 15) is 12.8 Å². The minimum atomic E-state index is -3.04. The number of aliphatic imine (C=N–C) groups is 1. The lowest BCUT2D eigenvalue weighted by atomic mass is 10.1. The van der Waals surface area contributed by atoms with E-state index in [2.05, 4.69) is 15.6 Å². The fourth-order valence-electron chi connectivity index (χ4n) is 2.79. The molecule has 0 aliphatic heterocycles. The van der Waals surface area contributed by atoms with E-state index in [4.69, 9.17) is 0 Å². The summed E-state index contributed by atoms with van der Waals surface area (Å²) in [5.41, 5.74) is 3.77. The van der Waals surface area contributed by atoms with Gasteiger partial charge in [-0.25, -0.2) is 17.8 Å². The summed E-state index contributed by atoms with van der Waals surface area (Å²) in [6, 6.07) is 12.3. The molecule has 0 spiro atoms. The molecule has 0 amide bonds. The van der Waals surface area contributed by atoms with Crippen LogP contribution in [0.4, 0.5) is 4.39 Å². The van der Waals surface area contributed by atoms with Gasteiger partial charge in [-0.15, -0.1) is 0 Å². The Morgan fingerprint density at radius 3 is 2.38 bits per heavy atom. The second-order valence-electron chi connectivity index (χ2n) is 6.78. The Labute approximate surface area is 177 Å². The lowest BCUT2D eigenvalue weighted by Crippen LogP contribution is -2.37. The normalized spacial score (nSPS) is 12.1. The molecule has 5 nitrogen and oxygen atoms in total. The van der Waals surface area contributed by atoms with E-state index >= 15 is 0 Å². The van der Waals surface area contributed by atoms with E-state index < -0.39 is 9.84 Å². The van der Waals surface area contributed by atoms with Gasteiger partial charge in [-0.2, -0.15) is 11.8 Å². The molecule has 2 aromatic carbocycles. The molecule has 0 heterocycles. The van der Waals surface area contributed by atoms with E-state index in [-0.39, 0.29) is 11.6 Å². The third-order valence-electron chi connectivity index (χ3n) is 4.13. The molecular weight excluding hydrogens is 409 g/mol. The minimum Gasteiger partial charge on any atom is -0.357 e. The van der Waals surface area contributed by atoms with Crippen LogP contribution in [-0.4, -0.2) is 33.4 Å². The Balaban J connectivity index is 2.03. The van der Waals surface area contributed by atoms with Gasteiger partial charge in [0, 0.05) is 25.1 Å². The summed E-state index contributed by atoms with van der Waals surface area (Å²) in [6.45, 7) is 3.74. The molecule has 0 fully saturated rings. The first-order valence-corrected chi connectivity index (χ1v) is 12.8. The number of rotatable bonds is 9. The number of thioether (sulfide) groups is 1. The quantitative estimate of drug-likeness (QED) is 0.464. The smallest absolute Gasteiger partial charge is 0.191 e. The molecule has 0 aromatic heterocycles. The Morgan fingerprint density at radius 2 is 1.76 bits per heavy atom. The van der Waals surface area contributed by atoms with Crippen LogP contribution in [0.3, 0.4) is 0 Å².